The molecular formula is C27H22BrNO. The second-order valence-corrected chi connectivity index (χ2v) is 8.92. The first kappa shape index (κ1) is 19.1. The lowest BCUT2D eigenvalue weighted by Gasteiger charge is -2.35. The summed E-state index contributed by atoms with van der Waals surface area (Å²) < 4.78 is 1.04. The Hall–Kier alpha value is -2.91. The Bertz CT molecular complexity index is 1260. The Morgan fingerprint density at radius 3 is 2.60 bits per heavy atom. The number of anilines is 1. The van der Waals surface area contributed by atoms with Crippen molar-refractivity contribution in [1.29, 1.82) is 0 Å². The third kappa shape index (κ3) is 3.44. The maximum Gasteiger partial charge on any atom is 0.228 e. The number of carbonyl (C=O) groups is 1. The number of benzene rings is 4. The minimum atomic E-state index is 0.0462. The summed E-state index contributed by atoms with van der Waals surface area (Å²) in [6, 6.07) is 29.5. The molecule has 1 aliphatic heterocycles. The first-order valence-electron chi connectivity index (χ1n) is 10.2. The SMILES string of the molecule is Cc1cccc(CN2C(=O)CC(c3cccc(Br)c3)c3c2ccc2ccccc32)c1. The molecule has 0 fully saturated rings. The number of rotatable bonds is 3. The summed E-state index contributed by atoms with van der Waals surface area (Å²) in [5.74, 6) is 0.217. The van der Waals surface area contributed by atoms with Crippen LogP contribution in [0.25, 0.3) is 10.8 Å². The van der Waals surface area contributed by atoms with Crippen LogP contribution in [0.15, 0.2) is 89.4 Å². The van der Waals surface area contributed by atoms with Crippen LogP contribution in [0.5, 0.6) is 0 Å². The number of aryl methyl sites for hydroxylation is 1. The zero-order valence-electron chi connectivity index (χ0n) is 16.8. The molecule has 0 saturated heterocycles. The molecule has 4 aromatic rings. The average Bonchev–Trinajstić information content (AvgIpc) is 2.75. The molecule has 1 unspecified atom stereocenters. The normalized spacial score (nSPS) is 16.0. The highest BCUT2D eigenvalue weighted by molar-refractivity contribution is 9.10. The molecule has 0 aromatic heterocycles. The molecule has 2 nitrogen and oxygen atoms in total. The first-order chi connectivity index (χ1) is 14.6. The van der Waals surface area contributed by atoms with Gasteiger partial charge in [0, 0.05) is 22.5 Å². The molecule has 0 radical (unpaired) electrons. The molecule has 1 heterocycles. The number of fused-ring (bicyclic) bond motifs is 3. The maximum atomic E-state index is 13.4. The van der Waals surface area contributed by atoms with Crippen molar-refractivity contribution in [2.45, 2.75) is 25.8 Å². The van der Waals surface area contributed by atoms with E-state index in [1.165, 1.54) is 27.5 Å². The first-order valence-corrected chi connectivity index (χ1v) is 11.0. The van der Waals surface area contributed by atoms with Crippen molar-refractivity contribution in [2.75, 3.05) is 4.90 Å². The lowest BCUT2D eigenvalue weighted by atomic mass is 9.81. The number of hydrogen-bond acceptors (Lipinski definition) is 1. The van der Waals surface area contributed by atoms with Crippen LogP contribution in [0, 0.1) is 6.92 Å². The lowest BCUT2D eigenvalue weighted by Crippen LogP contribution is -2.36. The molecule has 1 aliphatic rings. The fourth-order valence-corrected chi connectivity index (χ4v) is 5.00. The quantitative estimate of drug-likeness (QED) is 0.326. The van der Waals surface area contributed by atoms with Gasteiger partial charge >= 0.3 is 0 Å². The maximum absolute atomic E-state index is 13.4. The number of amides is 1. The second-order valence-electron chi connectivity index (χ2n) is 8.00. The molecule has 4 aromatic carbocycles. The van der Waals surface area contributed by atoms with E-state index in [1.807, 2.05) is 17.0 Å². The highest BCUT2D eigenvalue weighted by atomic mass is 79.9. The Balaban J connectivity index is 1.69. The standard InChI is InChI=1S/C27H22BrNO/c1-18-6-4-7-19(14-18)17-29-25-13-12-20-8-2-3-11-23(20)27(25)24(16-26(29)30)21-9-5-10-22(28)15-21/h2-15,24H,16-17H2,1H3. The zero-order chi connectivity index (χ0) is 20.7. The van der Waals surface area contributed by atoms with Gasteiger partial charge in [0.15, 0.2) is 0 Å². The highest BCUT2D eigenvalue weighted by Gasteiger charge is 2.33. The number of nitrogens with zero attached hydrogens (tertiary/aromatic N) is 1. The molecule has 0 bridgehead atoms. The monoisotopic (exact) mass is 455 g/mol. The van der Waals surface area contributed by atoms with Crippen LogP contribution in [-0.4, -0.2) is 5.91 Å². The third-order valence-electron chi connectivity index (χ3n) is 5.94. The third-order valence-corrected chi connectivity index (χ3v) is 6.43. The summed E-state index contributed by atoms with van der Waals surface area (Å²) in [6.45, 7) is 2.68. The molecule has 0 N–H and O–H groups in total. The minimum absolute atomic E-state index is 0.0462. The lowest BCUT2D eigenvalue weighted by molar-refractivity contribution is -0.119. The molecule has 1 atom stereocenters. The van der Waals surface area contributed by atoms with Gasteiger partial charge in [-0.3, -0.25) is 4.79 Å². The van der Waals surface area contributed by atoms with E-state index in [9.17, 15) is 4.79 Å². The van der Waals surface area contributed by atoms with Gasteiger partial charge in [-0.25, -0.2) is 0 Å². The smallest absolute Gasteiger partial charge is 0.228 e. The van der Waals surface area contributed by atoms with Crippen LogP contribution in [-0.2, 0) is 11.3 Å². The van der Waals surface area contributed by atoms with Gasteiger partial charge in [-0.15, -0.1) is 0 Å². The fraction of sp³-hybridized carbons (Fsp3) is 0.148. The zero-order valence-corrected chi connectivity index (χ0v) is 18.4. The molecule has 3 heteroatoms. The molecule has 30 heavy (non-hydrogen) atoms. The summed E-state index contributed by atoms with van der Waals surface area (Å²) >= 11 is 3.60. The summed E-state index contributed by atoms with van der Waals surface area (Å²) in [5, 5.41) is 2.43. The Morgan fingerprint density at radius 2 is 1.77 bits per heavy atom. The van der Waals surface area contributed by atoms with E-state index in [1.54, 1.807) is 0 Å². The largest absolute Gasteiger partial charge is 0.308 e. The van der Waals surface area contributed by atoms with E-state index in [0.29, 0.717) is 13.0 Å². The molecular weight excluding hydrogens is 434 g/mol. The summed E-state index contributed by atoms with van der Waals surface area (Å²) in [5.41, 5.74) is 5.81. The highest BCUT2D eigenvalue weighted by Crippen LogP contribution is 2.44. The molecule has 0 spiro atoms. The van der Waals surface area contributed by atoms with Crippen LogP contribution in [0.3, 0.4) is 0 Å². The Labute approximate surface area is 185 Å². The summed E-state index contributed by atoms with van der Waals surface area (Å²) in [4.78, 5) is 15.3. The van der Waals surface area contributed by atoms with Crippen LogP contribution in [0.2, 0.25) is 0 Å². The van der Waals surface area contributed by atoms with Crippen molar-refractivity contribution in [1.82, 2.24) is 0 Å². The predicted molar refractivity (Wildman–Crippen MR) is 127 cm³/mol. The van der Waals surface area contributed by atoms with E-state index < -0.39 is 0 Å². The number of hydrogen-bond donors (Lipinski definition) is 0. The van der Waals surface area contributed by atoms with Gasteiger partial charge in [0.2, 0.25) is 5.91 Å². The van der Waals surface area contributed by atoms with Gasteiger partial charge in [-0.05, 0) is 52.6 Å². The van der Waals surface area contributed by atoms with Gasteiger partial charge in [-0.2, -0.15) is 0 Å². The van der Waals surface area contributed by atoms with E-state index in [4.69, 9.17) is 0 Å². The van der Waals surface area contributed by atoms with Crippen molar-refractivity contribution >= 4 is 38.3 Å². The van der Waals surface area contributed by atoms with Crippen molar-refractivity contribution in [3.8, 4) is 0 Å². The fourth-order valence-electron chi connectivity index (χ4n) is 4.58. The van der Waals surface area contributed by atoms with Crippen molar-refractivity contribution in [3.05, 3.63) is 112 Å². The molecule has 5 rings (SSSR count). The van der Waals surface area contributed by atoms with Crippen LogP contribution in [0.1, 0.15) is 34.6 Å². The molecule has 0 saturated carbocycles. The second kappa shape index (κ2) is 7.73. The topological polar surface area (TPSA) is 20.3 Å². The van der Waals surface area contributed by atoms with Gasteiger partial charge in [0.25, 0.3) is 0 Å². The Morgan fingerprint density at radius 1 is 0.933 bits per heavy atom. The van der Waals surface area contributed by atoms with Gasteiger partial charge in [0.1, 0.15) is 0 Å². The van der Waals surface area contributed by atoms with Crippen molar-refractivity contribution in [2.24, 2.45) is 0 Å². The Kier molecular flexibility index (Phi) is 4.92. The van der Waals surface area contributed by atoms with Gasteiger partial charge in [-0.1, -0.05) is 88.2 Å². The number of halogens is 1. The molecule has 148 valence electrons. The number of carbonyl (C=O) groups excluding carboxylic acids is 1. The van der Waals surface area contributed by atoms with Crippen LogP contribution in [0.4, 0.5) is 5.69 Å². The average molecular weight is 456 g/mol. The summed E-state index contributed by atoms with van der Waals surface area (Å²) in [7, 11) is 0. The summed E-state index contributed by atoms with van der Waals surface area (Å²) in [6.07, 6.45) is 0.475. The van der Waals surface area contributed by atoms with Crippen molar-refractivity contribution in [3.63, 3.8) is 0 Å². The van der Waals surface area contributed by atoms with Gasteiger partial charge < -0.3 is 4.90 Å². The van der Waals surface area contributed by atoms with E-state index >= 15 is 0 Å². The molecule has 1 amide bonds. The van der Waals surface area contributed by atoms with Gasteiger partial charge in [0.05, 0.1) is 6.54 Å². The predicted octanol–water partition coefficient (Wildman–Crippen LogP) is 6.98. The van der Waals surface area contributed by atoms with E-state index in [0.717, 1.165) is 15.7 Å². The van der Waals surface area contributed by atoms with Crippen LogP contribution >= 0.6 is 15.9 Å². The van der Waals surface area contributed by atoms with E-state index in [2.05, 4.69) is 95.7 Å². The van der Waals surface area contributed by atoms with Crippen LogP contribution < -0.4 is 4.90 Å². The van der Waals surface area contributed by atoms with Crippen molar-refractivity contribution < 1.29 is 4.79 Å². The minimum Gasteiger partial charge on any atom is -0.308 e. The van der Waals surface area contributed by atoms with E-state index in [-0.39, 0.29) is 11.8 Å². The molecule has 0 aliphatic carbocycles.